The molecule has 6 aromatic rings. The van der Waals surface area contributed by atoms with E-state index in [0.29, 0.717) is 47.7 Å². The van der Waals surface area contributed by atoms with E-state index in [1.54, 1.807) is 9.80 Å². The Labute approximate surface area is 385 Å². The summed E-state index contributed by atoms with van der Waals surface area (Å²) in [6.07, 6.45) is 4.71. The zero-order valence-electron chi connectivity index (χ0n) is 36.7. The van der Waals surface area contributed by atoms with E-state index in [4.69, 9.17) is 9.47 Å². The van der Waals surface area contributed by atoms with Crippen LogP contribution < -0.4 is 9.47 Å². The summed E-state index contributed by atoms with van der Waals surface area (Å²) in [5.74, 6) is -4.28. The fraction of sp³-hybridized carbons (Fsp3) is 0.286. The van der Waals surface area contributed by atoms with Crippen molar-refractivity contribution in [2.45, 2.75) is 70.1 Å². The predicted molar refractivity (Wildman–Crippen MR) is 249 cm³/mol. The Balaban J connectivity index is 1.14. The molecule has 0 saturated heterocycles. The molecular formula is C56H54N2O8. The van der Waals surface area contributed by atoms with Gasteiger partial charge in [0.25, 0.3) is 0 Å². The van der Waals surface area contributed by atoms with E-state index in [1.807, 2.05) is 170 Å². The Morgan fingerprint density at radius 1 is 0.485 bits per heavy atom. The summed E-state index contributed by atoms with van der Waals surface area (Å²) in [4.78, 5) is 62.5. The van der Waals surface area contributed by atoms with Crippen LogP contribution in [0.4, 0.5) is 0 Å². The number of rotatable bonds is 20. The van der Waals surface area contributed by atoms with Gasteiger partial charge >= 0.3 is 11.9 Å². The lowest BCUT2D eigenvalue weighted by molar-refractivity contribution is -0.196. The van der Waals surface area contributed by atoms with Gasteiger partial charge in [0.15, 0.2) is 0 Å². The molecule has 0 aliphatic heterocycles. The van der Waals surface area contributed by atoms with E-state index in [1.165, 1.54) is 0 Å². The number of nitrogens with zero attached hydrogens (tertiary/aromatic N) is 2. The average molecular weight is 883 g/mol. The summed E-state index contributed by atoms with van der Waals surface area (Å²) in [5.41, 5.74) is 0.963. The maximum atomic E-state index is 16.3. The number of carbonyl (C=O) groups excluding carboxylic acids is 2. The molecule has 10 heteroatoms. The summed E-state index contributed by atoms with van der Waals surface area (Å²) in [6.45, 7) is 0.0891. The third-order valence-electron chi connectivity index (χ3n) is 13.5. The van der Waals surface area contributed by atoms with Crippen LogP contribution in [0.1, 0.15) is 79.3 Å². The maximum absolute atomic E-state index is 16.3. The Kier molecular flexibility index (Phi) is 13.0. The minimum absolute atomic E-state index is 0.0445. The first-order valence-electron chi connectivity index (χ1n) is 23.0. The van der Waals surface area contributed by atoms with Crippen LogP contribution in [-0.4, -0.2) is 43.8 Å². The normalized spacial score (nSPS) is 18.2. The SMILES string of the molecule is O=C(O)[C@@H]1[C@H](C(=O)O)CC1(C(=O)N(Cc1ccc(Oc2ccccc2)cc1)[C@@H](CC1CC1)c1ccccc1)C(=O)N(Cc1ccc(Oc2ccccc2)cc1)[C@@H](CC1CC1)c1ccccc1. The van der Waals surface area contributed by atoms with Crippen molar-refractivity contribution >= 4 is 23.8 Å². The molecule has 3 aliphatic carbocycles. The number of carboxylic acids is 2. The molecule has 3 aliphatic rings. The fourth-order valence-corrected chi connectivity index (χ4v) is 9.62. The Morgan fingerprint density at radius 2 is 0.833 bits per heavy atom. The van der Waals surface area contributed by atoms with E-state index >= 15 is 9.59 Å². The number of amides is 2. The molecule has 3 saturated carbocycles. The summed E-state index contributed by atoms with van der Waals surface area (Å²) in [6, 6.07) is 51.9. The van der Waals surface area contributed by atoms with Crippen LogP contribution >= 0.6 is 0 Å². The van der Waals surface area contributed by atoms with Gasteiger partial charge in [-0.3, -0.25) is 19.2 Å². The van der Waals surface area contributed by atoms with Gasteiger partial charge in [0.2, 0.25) is 11.8 Å². The first-order chi connectivity index (χ1) is 32.2. The van der Waals surface area contributed by atoms with Crippen LogP contribution in [0.15, 0.2) is 170 Å². The van der Waals surface area contributed by atoms with Crippen molar-refractivity contribution in [2.75, 3.05) is 0 Å². The van der Waals surface area contributed by atoms with Crippen LogP contribution in [0.3, 0.4) is 0 Å². The van der Waals surface area contributed by atoms with Crippen molar-refractivity contribution in [2.24, 2.45) is 29.1 Å². The first-order valence-corrected chi connectivity index (χ1v) is 23.0. The fourth-order valence-electron chi connectivity index (χ4n) is 9.62. The van der Waals surface area contributed by atoms with Crippen LogP contribution in [-0.2, 0) is 32.3 Å². The van der Waals surface area contributed by atoms with Crippen molar-refractivity contribution in [3.05, 3.63) is 192 Å². The quantitative estimate of drug-likeness (QED) is 0.0724. The van der Waals surface area contributed by atoms with Gasteiger partial charge in [-0.2, -0.15) is 0 Å². The highest BCUT2D eigenvalue weighted by atomic mass is 16.5. The molecule has 0 unspecified atom stereocenters. The zero-order chi connectivity index (χ0) is 45.6. The topological polar surface area (TPSA) is 134 Å². The molecule has 0 radical (unpaired) electrons. The molecule has 0 spiro atoms. The van der Waals surface area contributed by atoms with Gasteiger partial charge in [-0.25, -0.2) is 0 Å². The molecule has 0 aromatic heterocycles. The second kappa shape index (κ2) is 19.5. The molecule has 3 fully saturated rings. The van der Waals surface area contributed by atoms with Gasteiger partial charge < -0.3 is 29.5 Å². The Morgan fingerprint density at radius 3 is 1.17 bits per heavy atom. The second-order valence-electron chi connectivity index (χ2n) is 18.1. The van der Waals surface area contributed by atoms with Gasteiger partial charge in [-0.05, 0) is 102 Å². The maximum Gasteiger partial charge on any atom is 0.309 e. The smallest absolute Gasteiger partial charge is 0.309 e. The molecule has 2 N–H and O–H groups in total. The lowest BCUT2D eigenvalue weighted by atomic mass is 9.51. The Bertz CT molecular complexity index is 2440. The number of benzene rings is 6. The van der Waals surface area contributed by atoms with Crippen molar-refractivity contribution in [1.29, 1.82) is 0 Å². The number of para-hydroxylation sites is 2. The third-order valence-corrected chi connectivity index (χ3v) is 13.5. The van der Waals surface area contributed by atoms with Crippen molar-refractivity contribution in [3.8, 4) is 23.0 Å². The molecule has 336 valence electrons. The highest BCUT2D eigenvalue weighted by Crippen LogP contribution is 2.57. The number of aliphatic carboxylic acids is 2. The highest BCUT2D eigenvalue weighted by Gasteiger charge is 2.71. The third kappa shape index (κ3) is 9.88. The van der Waals surface area contributed by atoms with E-state index in [2.05, 4.69) is 0 Å². The lowest BCUT2D eigenvalue weighted by Gasteiger charge is -2.53. The summed E-state index contributed by atoms with van der Waals surface area (Å²) in [7, 11) is 0. The van der Waals surface area contributed by atoms with E-state index < -0.39 is 59.5 Å². The average Bonchev–Trinajstić information content (AvgIpc) is 4.28. The largest absolute Gasteiger partial charge is 0.481 e. The lowest BCUT2D eigenvalue weighted by Crippen LogP contribution is -2.68. The van der Waals surface area contributed by atoms with E-state index in [0.717, 1.165) is 47.9 Å². The molecule has 0 bridgehead atoms. The molecular weight excluding hydrogens is 829 g/mol. The van der Waals surface area contributed by atoms with Crippen LogP contribution in [0.5, 0.6) is 23.0 Å². The van der Waals surface area contributed by atoms with Gasteiger partial charge in [0.1, 0.15) is 28.4 Å². The summed E-state index contributed by atoms with van der Waals surface area (Å²) in [5, 5.41) is 21.7. The molecule has 0 heterocycles. The van der Waals surface area contributed by atoms with Crippen molar-refractivity contribution in [3.63, 3.8) is 0 Å². The minimum Gasteiger partial charge on any atom is -0.481 e. The summed E-state index contributed by atoms with van der Waals surface area (Å²) < 4.78 is 12.2. The van der Waals surface area contributed by atoms with Crippen molar-refractivity contribution < 1.29 is 38.9 Å². The zero-order valence-corrected chi connectivity index (χ0v) is 36.7. The molecule has 2 amide bonds. The standard InChI is InChI=1S/C56H54N2O8/c59-52(60)48-35-56(51(48)53(61)62,54(63)57(49(33-38-21-22-38)42-13-5-1-6-14-42)36-40-25-29-46(30-26-40)65-44-17-9-3-10-18-44)55(64)58(50(34-39-23-24-39)43-15-7-2-8-16-43)37-41-27-31-47(32-28-41)66-45-19-11-4-12-20-45/h1-20,25-32,38-39,48-51H,21-24,33-37H2,(H,59,60)(H,61,62)/t48-,49+,50+,51+/m1/s1. The second-order valence-corrected chi connectivity index (χ2v) is 18.1. The first kappa shape index (κ1) is 44.0. The van der Waals surface area contributed by atoms with Gasteiger partial charge in [-0.1, -0.05) is 147 Å². The molecule has 10 nitrogen and oxygen atoms in total. The van der Waals surface area contributed by atoms with Gasteiger partial charge in [0, 0.05) is 13.1 Å². The number of hydrogen-bond donors (Lipinski definition) is 2. The van der Waals surface area contributed by atoms with Gasteiger partial charge in [-0.15, -0.1) is 0 Å². The highest BCUT2D eigenvalue weighted by molar-refractivity contribution is 6.11. The van der Waals surface area contributed by atoms with E-state index in [9.17, 15) is 19.8 Å². The monoisotopic (exact) mass is 882 g/mol. The van der Waals surface area contributed by atoms with Gasteiger partial charge in [0.05, 0.1) is 23.9 Å². The van der Waals surface area contributed by atoms with E-state index in [-0.39, 0.29) is 13.1 Å². The molecule has 4 atom stereocenters. The molecule has 9 rings (SSSR count). The summed E-state index contributed by atoms with van der Waals surface area (Å²) >= 11 is 0. The number of ether oxygens (including phenoxy) is 2. The Hall–Kier alpha value is -7.20. The van der Waals surface area contributed by atoms with Crippen LogP contribution in [0, 0.1) is 29.1 Å². The number of hydrogen-bond acceptors (Lipinski definition) is 6. The minimum atomic E-state index is -2.24. The number of carbonyl (C=O) groups is 4. The number of carboxylic acid groups (broad SMARTS) is 2. The van der Waals surface area contributed by atoms with Crippen LogP contribution in [0.2, 0.25) is 0 Å². The van der Waals surface area contributed by atoms with Crippen molar-refractivity contribution in [1.82, 2.24) is 9.80 Å². The molecule has 66 heavy (non-hydrogen) atoms. The predicted octanol–water partition coefficient (Wildman–Crippen LogP) is 11.5. The van der Waals surface area contributed by atoms with Crippen LogP contribution in [0.25, 0.3) is 0 Å². The molecule has 6 aromatic carbocycles.